The number of nitrogens with zero attached hydrogens (tertiary/aromatic N) is 3. The van der Waals surface area contributed by atoms with Gasteiger partial charge in [-0.05, 0) is 36.4 Å². The number of para-hydroxylation sites is 1. The van der Waals surface area contributed by atoms with Gasteiger partial charge in [0.25, 0.3) is 0 Å². The van der Waals surface area contributed by atoms with E-state index in [1.165, 1.54) is 0 Å². The van der Waals surface area contributed by atoms with Gasteiger partial charge in [-0.15, -0.1) is 0 Å². The monoisotopic (exact) mass is 237 g/mol. The zero-order valence-electron chi connectivity index (χ0n) is 9.60. The van der Waals surface area contributed by atoms with Crippen molar-refractivity contribution in [2.75, 3.05) is 0 Å². The molecular weight excluding hydrogens is 226 g/mol. The Kier molecular flexibility index (Phi) is 2.75. The van der Waals surface area contributed by atoms with E-state index in [9.17, 15) is 0 Å². The molecule has 0 amide bonds. The third-order valence-corrected chi connectivity index (χ3v) is 2.47. The van der Waals surface area contributed by atoms with Crippen molar-refractivity contribution in [2.24, 2.45) is 0 Å². The Balaban J connectivity index is 1.80. The topological polar surface area (TPSA) is 39.9 Å². The van der Waals surface area contributed by atoms with Crippen LogP contribution in [0.5, 0.6) is 11.5 Å². The van der Waals surface area contributed by atoms with Gasteiger partial charge in [0, 0.05) is 0 Å². The number of rotatable bonds is 3. The van der Waals surface area contributed by atoms with Crippen LogP contribution in [0.1, 0.15) is 0 Å². The molecule has 1 heterocycles. The van der Waals surface area contributed by atoms with Crippen molar-refractivity contribution in [3.63, 3.8) is 0 Å². The first-order valence-corrected chi connectivity index (χ1v) is 5.61. The molecule has 0 aliphatic carbocycles. The van der Waals surface area contributed by atoms with Crippen LogP contribution >= 0.6 is 0 Å². The maximum absolute atomic E-state index is 5.70. The summed E-state index contributed by atoms with van der Waals surface area (Å²) in [6, 6.07) is 17.3. The third kappa shape index (κ3) is 2.22. The number of hydrogen-bond donors (Lipinski definition) is 0. The standard InChI is InChI=1S/C14H11N3O/c1-2-4-13(5-3-1)18-14-8-6-12(7-9-14)17-15-10-11-16-17/h1-11H. The van der Waals surface area contributed by atoms with Gasteiger partial charge in [0.2, 0.25) is 0 Å². The summed E-state index contributed by atoms with van der Waals surface area (Å²) in [7, 11) is 0. The highest BCUT2D eigenvalue weighted by Gasteiger charge is 1.99. The zero-order valence-corrected chi connectivity index (χ0v) is 9.60. The largest absolute Gasteiger partial charge is 0.457 e. The molecule has 0 atom stereocenters. The van der Waals surface area contributed by atoms with Gasteiger partial charge in [0.1, 0.15) is 11.5 Å². The van der Waals surface area contributed by atoms with E-state index in [-0.39, 0.29) is 0 Å². The third-order valence-electron chi connectivity index (χ3n) is 2.47. The summed E-state index contributed by atoms with van der Waals surface area (Å²) in [5.74, 6) is 1.61. The number of aromatic nitrogens is 3. The Bertz CT molecular complexity index is 603. The normalized spacial score (nSPS) is 10.2. The van der Waals surface area contributed by atoms with Crippen LogP contribution in [0.25, 0.3) is 5.69 Å². The van der Waals surface area contributed by atoms with Crippen molar-refractivity contribution in [3.8, 4) is 17.2 Å². The van der Waals surface area contributed by atoms with E-state index in [1.54, 1.807) is 17.2 Å². The van der Waals surface area contributed by atoms with E-state index in [1.807, 2.05) is 54.6 Å². The quantitative estimate of drug-likeness (QED) is 0.702. The molecule has 0 aliphatic heterocycles. The van der Waals surface area contributed by atoms with Gasteiger partial charge in [-0.1, -0.05) is 18.2 Å². The Labute approximate surface area is 104 Å². The smallest absolute Gasteiger partial charge is 0.127 e. The molecule has 0 bridgehead atoms. The lowest BCUT2D eigenvalue weighted by molar-refractivity contribution is 0.482. The average Bonchev–Trinajstić information content (AvgIpc) is 2.95. The second kappa shape index (κ2) is 4.71. The molecule has 18 heavy (non-hydrogen) atoms. The Morgan fingerprint density at radius 3 is 2.00 bits per heavy atom. The van der Waals surface area contributed by atoms with Crippen LogP contribution in [0.3, 0.4) is 0 Å². The van der Waals surface area contributed by atoms with Crippen LogP contribution in [-0.4, -0.2) is 15.0 Å². The molecule has 0 unspecified atom stereocenters. The van der Waals surface area contributed by atoms with Crippen molar-refractivity contribution in [1.29, 1.82) is 0 Å². The molecule has 2 aromatic carbocycles. The van der Waals surface area contributed by atoms with Gasteiger partial charge in [-0.25, -0.2) is 0 Å². The van der Waals surface area contributed by atoms with Gasteiger partial charge in [-0.3, -0.25) is 0 Å². The summed E-state index contributed by atoms with van der Waals surface area (Å²) < 4.78 is 5.70. The summed E-state index contributed by atoms with van der Waals surface area (Å²) in [5, 5.41) is 8.13. The second-order valence-electron chi connectivity index (χ2n) is 3.73. The van der Waals surface area contributed by atoms with Crippen molar-refractivity contribution in [1.82, 2.24) is 15.0 Å². The highest BCUT2D eigenvalue weighted by Crippen LogP contribution is 2.21. The number of benzene rings is 2. The van der Waals surface area contributed by atoms with Crippen molar-refractivity contribution < 1.29 is 4.74 Å². The van der Waals surface area contributed by atoms with Crippen LogP contribution in [0, 0.1) is 0 Å². The molecular formula is C14H11N3O. The molecule has 0 radical (unpaired) electrons. The van der Waals surface area contributed by atoms with E-state index in [2.05, 4.69) is 10.2 Å². The maximum atomic E-state index is 5.70. The molecule has 0 saturated heterocycles. The molecule has 0 aliphatic rings. The summed E-state index contributed by atoms with van der Waals surface area (Å²) in [5.41, 5.74) is 0.903. The molecule has 0 fully saturated rings. The highest BCUT2D eigenvalue weighted by molar-refractivity contribution is 5.38. The Morgan fingerprint density at radius 2 is 1.33 bits per heavy atom. The van der Waals surface area contributed by atoms with Gasteiger partial charge in [0.05, 0.1) is 18.1 Å². The predicted octanol–water partition coefficient (Wildman–Crippen LogP) is 3.06. The van der Waals surface area contributed by atoms with Crippen LogP contribution in [0.4, 0.5) is 0 Å². The van der Waals surface area contributed by atoms with Gasteiger partial charge < -0.3 is 4.74 Å². The minimum atomic E-state index is 0.789. The van der Waals surface area contributed by atoms with Crippen LogP contribution < -0.4 is 4.74 Å². The van der Waals surface area contributed by atoms with Crippen LogP contribution in [0.2, 0.25) is 0 Å². The van der Waals surface area contributed by atoms with Crippen LogP contribution in [0.15, 0.2) is 67.0 Å². The molecule has 3 rings (SSSR count). The molecule has 88 valence electrons. The fraction of sp³-hybridized carbons (Fsp3) is 0. The zero-order chi connectivity index (χ0) is 12.2. The van der Waals surface area contributed by atoms with Crippen molar-refractivity contribution in [3.05, 3.63) is 67.0 Å². The highest BCUT2D eigenvalue weighted by atomic mass is 16.5. The molecule has 3 aromatic rings. The Morgan fingerprint density at radius 1 is 0.722 bits per heavy atom. The predicted molar refractivity (Wildman–Crippen MR) is 67.9 cm³/mol. The average molecular weight is 237 g/mol. The van der Waals surface area contributed by atoms with E-state index in [0.29, 0.717) is 0 Å². The van der Waals surface area contributed by atoms with Gasteiger partial charge >= 0.3 is 0 Å². The fourth-order valence-corrected chi connectivity index (χ4v) is 1.62. The lowest BCUT2D eigenvalue weighted by atomic mass is 10.3. The van der Waals surface area contributed by atoms with E-state index < -0.39 is 0 Å². The molecule has 1 aromatic heterocycles. The van der Waals surface area contributed by atoms with Gasteiger partial charge in [0.15, 0.2) is 0 Å². The minimum absolute atomic E-state index is 0.789. The van der Waals surface area contributed by atoms with E-state index in [4.69, 9.17) is 4.74 Å². The minimum Gasteiger partial charge on any atom is -0.457 e. The van der Waals surface area contributed by atoms with E-state index in [0.717, 1.165) is 17.2 Å². The molecule has 4 nitrogen and oxygen atoms in total. The Hall–Kier alpha value is -2.62. The first kappa shape index (κ1) is 10.5. The lowest BCUT2D eigenvalue weighted by Gasteiger charge is -2.06. The van der Waals surface area contributed by atoms with E-state index >= 15 is 0 Å². The van der Waals surface area contributed by atoms with Crippen LogP contribution in [-0.2, 0) is 0 Å². The molecule has 0 spiro atoms. The molecule has 4 heteroatoms. The fourth-order valence-electron chi connectivity index (χ4n) is 1.62. The first-order chi connectivity index (χ1) is 8.92. The SMILES string of the molecule is c1ccc(Oc2ccc(-n3nccn3)cc2)cc1. The lowest BCUT2D eigenvalue weighted by Crippen LogP contribution is -1.97. The summed E-state index contributed by atoms with van der Waals surface area (Å²) in [6.07, 6.45) is 3.29. The summed E-state index contributed by atoms with van der Waals surface area (Å²) >= 11 is 0. The number of hydrogen-bond acceptors (Lipinski definition) is 3. The van der Waals surface area contributed by atoms with Crippen molar-refractivity contribution >= 4 is 0 Å². The summed E-state index contributed by atoms with van der Waals surface area (Å²) in [4.78, 5) is 1.56. The van der Waals surface area contributed by atoms with Crippen molar-refractivity contribution in [2.45, 2.75) is 0 Å². The maximum Gasteiger partial charge on any atom is 0.127 e. The molecule has 0 saturated carbocycles. The molecule has 0 N–H and O–H groups in total. The first-order valence-electron chi connectivity index (χ1n) is 5.61. The second-order valence-corrected chi connectivity index (χ2v) is 3.73. The summed E-state index contributed by atoms with van der Waals surface area (Å²) in [6.45, 7) is 0. The van der Waals surface area contributed by atoms with Gasteiger partial charge in [-0.2, -0.15) is 15.0 Å². The number of ether oxygens (including phenoxy) is 1.